The summed E-state index contributed by atoms with van der Waals surface area (Å²) in [5.74, 6) is 0.476. The van der Waals surface area contributed by atoms with Crippen molar-refractivity contribution in [1.29, 1.82) is 0 Å². The largest absolute Gasteiger partial charge is 0.484 e. The van der Waals surface area contributed by atoms with Crippen molar-refractivity contribution < 1.29 is 9.53 Å². The summed E-state index contributed by atoms with van der Waals surface area (Å²) in [7, 11) is 0. The van der Waals surface area contributed by atoms with E-state index >= 15 is 0 Å². The molecule has 0 bridgehead atoms. The highest BCUT2D eigenvalue weighted by Crippen LogP contribution is 2.26. The van der Waals surface area contributed by atoms with E-state index in [1.807, 2.05) is 38.1 Å². The van der Waals surface area contributed by atoms with Crippen molar-refractivity contribution in [2.45, 2.75) is 27.2 Å². The van der Waals surface area contributed by atoms with Crippen LogP contribution in [0.3, 0.4) is 0 Å². The van der Waals surface area contributed by atoms with E-state index in [4.69, 9.17) is 16.3 Å². The lowest BCUT2D eigenvalue weighted by atomic mass is 10.1. The second-order valence-corrected chi connectivity index (χ2v) is 6.99. The first-order valence-corrected chi connectivity index (χ1v) is 8.84. The fourth-order valence-electron chi connectivity index (χ4n) is 2.30. The van der Waals surface area contributed by atoms with E-state index in [2.05, 4.69) is 40.9 Å². The molecule has 0 heterocycles. The van der Waals surface area contributed by atoms with E-state index in [-0.39, 0.29) is 12.5 Å². The lowest BCUT2D eigenvalue weighted by Gasteiger charge is -2.12. The molecule has 0 aliphatic carbocycles. The van der Waals surface area contributed by atoms with Gasteiger partial charge in [-0.1, -0.05) is 18.5 Å². The minimum absolute atomic E-state index is 0.0321. The lowest BCUT2D eigenvalue weighted by Crippen LogP contribution is -2.21. The summed E-state index contributed by atoms with van der Waals surface area (Å²) >= 11 is 8.39. The molecule has 0 aliphatic heterocycles. The Bertz CT molecular complexity index is 708. The molecule has 0 aromatic heterocycles. The number of rotatable bonds is 5. The molecule has 2 aromatic carbocycles. The number of carbonyl (C=O) groups excluding carboxylic acids is 1. The molecule has 23 heavy (non-hydrogen) atoms. The molecule has 0 saturated heterocycles. The SMILES string of the molecule is CCc1cc(I)ccc1NC(=O)COc1cc(C)c(Cl)c(C)c1. The Kier molecular flexibility index (Phi) is 6.30. The Balaban J connectivity index is 2.01. The van der Waals surface area contributed by atoms with Gasteiger partial charge in [0.25, 0.3) is 5.91 Å². The van der Waals surface area contributed by atoms with Gasteiger partial charge < -0.3 is 10.1 Å². The van der Waals surface area contributed by atoms with Crippen LogP contribution in [0.25, 0.3) is 0 Å². The molecule has 2 rings (SSSR count). The Morgan fingerprint density at radius 3 is 2.48 bits per heavy atom. The van der Waals surface area contributed by atoms with Crippen LogP contribution >= 0.6 is 34.2 Å². The van der Waals surface area contributed by atoms with Crippen LogP contribution in [0.5, 0.6) is 5.75 Å². The summed E-state index contributed by atoms with van der Waals surface area (Å²) in [5.41, 5.74) is 3.83. The van der Waals surface area contributed by atoms with E-state index < -0.39 is 0 Å². The molecule has 1 amide bonds. The fourth-order valence-corrected chi connectivity index (χ4v) is 2.97. The van der Waals surface area contributed by atoms with Crippen molar-refractivity contribution in [3.05, 3.63) is 55.6 Å². The maximum Gasteiger partial charge on any atom is 0.262 e. The molecule has 5 heteroatoms. The maximum atomic E-state index is 12.1. The molecule has 2 aromatic rings. The van der Waals surface area contributed by atoms with E-state index in [1.54, 1.807) is 0 Å². The molecule has 0 aliphatic rings. The number of nitrogens with one attached hydrogen (secondary N) is 1. The van der Waals surface area contributed by atoms with Crippen LogP contribution < -0.4 is 10.1 Å². The minimum Gasteiger partial charge on any atom is -0.484 e. The van der Waals surface area contributed by atoms with Crippen molar-refractivity contribution in [2.75, 3.05) is 11.9 Å². The van der Waals surface area contributed by atoms with Gasteiger partial charge in [-0.15, -0.1) is 0 Å². The number of anilines is 1. The monoisotopic (exact) mass is 443 g/mol. The first kappa shape index (κ1) is 18.1. The van der Waals surface area contributed by atoms with Gasteiger partial charge in [0, 0.05) is 14.3 Å². The van der Waals surface area contributed by atoms with Crippen molar-refractivity contribution in [3.8, 4) is 5.75 Å². The molecule has 0 spiro atoms. The number of ether oxygens (including phenoxy) is 1. The Hall–Kier alpha value is -1.27. The van der Waals surface area contributed by atoms with Crippen LogP contribution in [0.2, 0.25) is 5.02 Å². The van der Waals surface area contributed by atoms with Crippen LogP contribution in [0.1, 0.15) is 23.6 Å². The highest BCUT2D eigenvalue weighted by Gasteiger charge is 2.09. The third-order valence-electron chi connectivity index (χ3n) is 3.50. The zero-order chi connectivity index (χ0) is 17.0. The smallest absolute Gasteiger partial charge is 0.262 e. The van der Waals surface area contributed by atoms with Gasteiger partial charge in [-0.3, -0.25) is 4.79 Å². The topological polar surface area (TPSA) is 38.3 Å². The number of aryl methyl sites for hydroxylation is 3. The predicted octanol–water partition coefficient (Wildman–Crippen LogP) is 5.14. The summed E-state index contributed by atoms with van der Waals surface area (Å²) < 4.78 is 6.74. The standard InChI is InChI=1S/C18H19ClINO2/c1-4-13-9-14(20)5-6-16(13)21-17(22)10-23-15-7-11(2)18(19)12(3)8-15/h5-9H,4,10H2,1-3H3,(H,21,22). The molecular weight excluding hydrogens is 425 g/mol. The van der Waals surface area contributed by atoms with Gasteiger partial charge in [-0.25, -0.2) is 0 Å². The molecule has 0 fully saturated rings. The number of halogens is 2. The summed E-state index contributed by atoms with van der Waals surface area (Å²) in [5, 5.41) is 3.64. The van der Waals surface area contributed by atoms with E-state index in [9.17, 15) is 4.79 Å². The number of amides is 1. The van der Waals surface area contributed by atoms with Crippen molar-refractivity contribution in [2.24, 2.45) is 0 Å². The molecule has 1 N–H and O–H groups in total. The molecule has 122 valence electrons. The quantitative estimate of drug-likeness (QED) is 0.650. The third kappa shape index (κ3) is 4.85. The van der Waals surface area contributed by atoms with Gasteiger partial charge >= 0.3 is 0 Å². The highest BCUT2D eigenvalue weighted by atomic mass is 127. The van der Waals surface area contributed by atoms with Gasteiger partial charge in [-0.05, 0) is 89.9 Å². The average Bonchev–Trinajstić information content (AvgIpc) is 2.52. The first-order valence-electron chi connectivity index (χ1n) is 7.38. The molecular formula is C18H19ClINO2. The van der Waals surface area contributed by atoms with Gasteiger partial charge in [0.2, 0.25) is 0 Å². The second kappa shape index (κ2) is 8.02. The van der Waals surface area contributed by atoms with Crippen LogP contribution in [-0.4, -0.2) is 12.5 Å². The third-order valence-corrected chi connectivity index (χ3v) is 4.77. The molecule has 0 saturated carbocycles. The summed E-state index contributed by atoms with van der Waals surface area (Å²) in [6.07, 6.45) is 0.864. The fraction of sp³-hybridized carbons (Fsp3) is 0.278. The maximum absolute atomic E-state index is 12.1. The van der Waals surface area contributed by atoms with Gasteiger partial charge in [0.15, 0.2) is 6.61 Å². The highest BCUT2D eigenvalue weighted by molar-refractivity contribution is 14.1. The van der Waals surface area contributed by atoms with Crippen LogP contribution in [-0.2, 0) is 11.2 Å². The zero-order valence-corrected chi connectivity index (χ0v) is 16.3. The summed E-state index contributed by atoms with van der Waals surface area (Å²) in [6, 6.07) is 9.65. The van der Waals surface area contributed by atoms with E-state index in [1.165, 1.54) is 0 Å². The summed E-state index contributed by atoms with van der Waals surface area (Å²) in [6.45, 7) is 5.87. The van der Waals surface area contributed by atoms with Gasteiger partial charge in [-0.2, -0.15) is 0 Å². The van der Waals surface area contributed by atoms with Crippen LogP contribution in [0.15, 0.2) is 30.3 Å². The van der Waals surface area contributed by atoms with Crippen molar-refractivity contribution >= 4 is 45.8 Å². The van der Waals surface area contributed by atoms with Crippen molar-refractivity contribution in [3.63, 3.8) is 0 Å². The van der Waals surface area contributed by atoms with E-state index in [0.29, 0.717) is 5.75 Å². The second-order valence-electron chi connectivity index (χ2n) is 5.36. The van der Waals surface area contributed by atoms with E-state index in [0.717, 1.165) is 37.4 Å². The van der Waals surface area contributed by atoms with Gasteiger partial charge in [0.05, 0.1) is 0 Å². The molecule has 0 atom stereocenters. The Morgan fingerprint density at radius 1 is 1.22 bits per heavy atom. The Morgan fingerprint density at radius 2 is 1.87 bits per heavy atom. The average molecular weight is 444 g/mol. The molecule has 3 nitrogen and oxygen atoms in total. The summed E-state index contributed by atoms with van der Waals surface area (Å²) in [4.78, 5) is 12.1. The number of hydrogen-bond acceptors (Lipinski definition) is 2. The normalized spacial score (nSPS) is 10.5. The zero-order valence-electron chi connectivity index (χ0n) is 13.4. The molecule has 0 radical (unpaired) electrons. The minimum atomic E-state index is -0.175. The Labute approximate surface area is 155 Å². The number of hydrogen-bond donors (Lipinski definition) is 1. The lowest BCUT2D eigenvalue weighted by molar-refractivity contribution is -0.118. The van der Waals surface area contributed by atoms with Gasteiger partial charge in [0.1, 0.15) is 5.75 Å². The van der Waals surface area contributed by atoms with Crippen molar-refractivity contribution in [1.82, 2.24) is 0 Å². The van der Waals surface area contributed by atoms with Crippen LogP contribution in [0.4, 0.5) is 5.69 Å². The molecule has 0 unspecified atom stereocenters. The number of carbonyl (C=O) groups is 1. The predicted molar refractivity (Wildman–Crippen MR) is 104 cm³/mol. The first-order chi connectivity index (χ1) is 10.9. The number of benzene rings is 2. The van der Waals surface area contributed by atoms with Crippen LogP contribution in [0, 0.1) is 17.4 Å².